The van der Waals surface area contributed by atoms with Gasteiger partial charge in [0.2, 0.25) is 0 Å². The number of rotatable bonds is 5. The van der Waals surface area contributed by atoms with Crippen molar-refractivity contribution in [3.63, 3.8) is 0 Å². The third kappa shape index (κ3) is 4.31. The lowest BCUT2D eigenvalue weighted by molar-refractivity contribution is -0.138. The van der Waals surface area contributed by atoms with E-state index in [0.717, 1.165) is 5.69 Å². The van der Waals surface area contributed by atoms with E-state index in [9.17, 15) is 4.79 Å². The number of nitrogens with zero attached hydrogens (tertiary/aromatic N) is 7. The van der Waals surface area contributed by atoms with Gasteiger partial charge in [0.25, 0.3) is 5.91 Å². The molecule has 0 radical (unpaired) electrons. The summed E-state index contributed by atoms with van der Waals surface area (Å²) < 4.78 is 7.46. The van der Waals surface area contributed by atoms with Crippen molar-refractivity contribution in [3.8, 4) is 11.4 Å². The highest BCUT2D eigenvalue weighted by Gasteiger charge is 2.28. The van der Waals surface area contributed by atoms with Crippen LogP contribution in [-0.4, -0.2) is 68.1 Å². The molecule has 168 valence electrons. The van der Waals surface area contributed by atoms with Crippen molar-refractivity contribution in [2.24, 2.45) is 0 Å². The van der Waals surface area contributed by atoms with Gasteiger partial charge in [0.15, 0.2) is 23.1 Å². The highest BCUT2D eigenvalue weighted by atomic mass is 35.5. The summed E-state index contributed by atoms with van der Waals surface area (Å²) >= 11 is 6.00. The molecule has 33 heavy (non-hydrogen) atoms. The first-order valence-electron chi connectivity index (χ1n) is 10.7. The molecule has 9 nitrogen and oxygen atoms in total. The van der Waals surface area contributed by atoms with E-state index in [2.05, 4.69) is 25.2 Å². The molecule has 3 heterocycles. The number of ether oxygens (including phenoxy) is 1. The van der Waals surface area contributed by atoms with Crippen LogP contribution >= 0.6 is 11.6 Å². The van der Waals surface area contributed by atoms with Crippen LogP contribution < -0.4 is 9.64 Å². The van der Waals surface area contributed by atoms with Crippen LogP contribution in [0.4, 0.5) is 5.82 Å². The molecule has 2 aromatic heterocycles. The van der Waals surface area contributed by atoms with Crippen LogP contribution in [0.2, 0.25) is 5.02 Å². The third-order valence-electron chi connectivity index (χ3n) is 5.58. The molecule has 1 amide bonds. The van der Waals surface area contributed by atoms with E-state index in [1.165, 1.54) is 6.33 Å². The fourth-order valence-corrected chi connectivity index (χ4v) is 4.00. The maximum atomic E-state index is 12.9. The number of carbonyl (C=O) groups is 1. The fraction of sp³-hybridized carbons (Fsp3) is 0.261. The smallest absolute Gasteiger partial charge is 0.263 e. The number of para-hydroxylation sites is 1. The van der Waals surface area contributed by atoms with Crippen LogP contribution in [0.15, 0.2) is 60.9 Å². The van der Waals surface area contributed by atoms with Gasteiger partial charge in [-0.3, -0.25) is 4.79 Å². The second-order valence-electron chi connectivity index (χ2n) is 7.73. The molecule has 1 aliphatic heterocycles. The standard InChI is InChI=1S/C23H22ClN7O2/c1-16(33-19-5-3-2-4-6-19)23(32)30-13-11-29(12-14-30)21-20-22(26-15-25-21)31(28-27-20)18-9-7-17(24)8-10-18/h2-10,15-16H,11-14H2,1H3. The summed E-state index contributed by atoms with van der Waals surface area (Å²) in [6.07, 6.45) is 0.963. The molecule has 4 aromatic rings. The highest BCUT2D eigenvalue weighted by molar-refractivity contribution is 6.30. The Hall–Kier alpha value is -3.72. The summed E-state index contributed by atoms with van der Waals surface area (Å²) in [6, 6.07) is 16.7. The van der Waals surface area contributed by atoms with Crippen LogP contribution in [-0.2, 0) is 4.79 Å². The Morgan fingerprint density at radius 2 is 1.73 bits per heavy atom. The largest absolute Gasteiger partial charge is 0.481 e. The zero-order valence-electron chi connectivity index (χ0n) is 18.0. The zero-order valence-corrected chi connectivity index (χ0v) is 18.8. The van der Waals surface area contributed by atoms with Gasteiger partial charge in [0.05, 0.1) is 5.69 Å². The fourth-order valence-electron chi connectivity index (χ4n) is 3.87. The second-order valence-corrected chi connectivity index (χ2v) is 8.17. The van der Waals surface area contributed by atoms with Gasteiger partial charge in [0, 0.05) is 31.2 Å². The summed E-state index contributed by atoms with van der Waals surface area (Å²) in [5.74, 6) is 1.37. The average molecular weight is 464 g/mol. The summed E-state index contributed by atoms with van der Waals surface area (Å²) in [4.78, 5) is 25.6. The lowest BCUT2D eigenvalue weighted by atomic mass is 10.2. The van der Waals surface area contributed by atoms with E-state index >= 15 is 0 Å². The van der Waals surface area contributed by atoms with Crippen molar-refractivity contribution < 1.29 is 9.53 Å². The molecule has 2 aromatic carbocycles. The Labute approximate surface area is 195 Å². The minimum Gasteiger partial charge on any atom is -0.481 e. The lowest BCUT2D eigenvalue weighted by Gasteiger charge is -2.36. The molecule has 1 fully saturated rings. The van der Waals surface area contributed by atoms with Gasteiger partial charge in [-0.05, 0) is 43.3 Å². The molecule has 1 saturated heterocycles. The Morgan fingerprint density at radius 1 is 1.00 bits per heavy atom. The number of amides is 1. The Morgan fingerprint density at radius 3 is 2.45 bits per heavy atom. The maximum Gasteiger partial charge on any atom is 0.263 e. The number of fused-ring (bicyclic) bond motifs is 1. The average Bonchev–Trinajstić information content (AvgIpc) is 3.29. The van der Waals surface area contributed by atoms with Gasteiger partial charge >= 0.3 is 0 Å². The van der Waals surface area contributed by atoms with E-state index in [1.807, 2.05) is 47.4 Å². The minimum absolute atomic E-state index is 0.0278. The molecule has 0 N–H and O–H groups in total. The normalized spacial score (nSPS) is 15.0. The Bertz CT molecular complexity index is 1260. The predicted octanol–water partition coefficient (Wildman–Crippen LogP) is 2.98. The topological polar surface area (TPSA) is 89.3 Å². The van der Waals surface area contributed by atoms with Crippen LogP contribution in [0.25, 0.3) is 16.9 Å². The molecule has 10 heteroatoms. The van der Waals surface area contributed by atoms with Crippen LogP contribution in [0.1, 0.15) is 6.92 Å². The first-order chi connectivity index (χ1) is 16.1. The van der Waals surface area contributed by atoms with Gasteiger partial charge in [0.1, 0.15) is 12.1 Å². The molecule has 1 aliphatic rings. The molecule has 0 spiro atoms. The zero-order chi connectivity index (χ0) is 22.8. The molecule has 0 aliphatic carbocycles. The lowest BCUT2D eigenvalue weighted by Crippen LogP contribution is -2.52. The summed E-state index contributed by atoms with van der Waals surface area (Å²) in [5.41, 5.74) is 2.05. The van der Waals surface area contributed by atoms with E-state index in [0.29, 0.717) is 53.9 Å². The molecular weight excluding hydrogens is 442 g/mol. The molecular formula is C23H22ClN7O2. The second kappa shape index (κ2) is 9.03. The number of aromatic nitrogens is 5. The molecule has 1 atom stereocenters. The monoisotopic (exact) mass is 463 g/mol. The quantitative estimate of drug-likeness (QED) is 0.449. The number of anilines is 1. The summed E-state index contributed by atoms with van der Waals surface area (Å²) in [7, 11) is 0. The summed E-state index contributed by atoms with van der Waals surface area (Å²) in [5, 5.41) is 9.25. The number of halogens is 1. The van der Waals surface area contributed by atoms with Crippen molar-refractivity contribution >= 4 is 34.5 Å². The van der Waals surface area contributed by atoms with Crippen molar-refractivity contribution in [1.82, 2.24) is 29.9 Å². The Kier molecular flexibility index (Phi) is 5.78. The molecule has 0 bridgehead atoms. The van der Waals surface area contributed by atoms with Gasteiger partial charge in [-0.2, -0.15) is 4.68 Å². The van der Waals surface area contributed by atoms with Crippen LogP contribution in [0, 0.1) is 0 Å². The van der Waals surface area contributed by atoms with Gasteiger partial charge in [-0.15, -0.1) is 5.10 Å². The van der Waals surface area contributed by atoms with E-state index < -0.39 is 6.10 Å². The molecule has 1 unspecified atom stereocenters. The number of piperazine rings is 1. The minimum atomic E-state index is -0.552. The van der Waals surface area contributed by atoms with Crippen molar-refractivity contribution in [1.29, 1.82) is 0 Å². The highest BCUT2D eigenvalue weighted by Crippen LogP contribution is 2.24. The van der Waals surface area contributed by atoms with E-state index in [-0.39, 0.29) is 5.91 Å². The van der Waals surface area contributed by atoms with Gasteiger partial charge < -0.3 is 14.5 Å². The van der Waals surface area contributed by atoms with Crippen molar-refractivity contribution in [2.75, 3.05) is 31.1 Å². The van der Waals surface area contributed by atoms with Gasteiger partial charge in [-0.25, -0.2) is 9.97 Å². The number of carbonyl (C=O) groups excluding carboxylic acids is 1. The Balaban J connectivity index is 1.28. The maximum absolute atomic E-state index is 12.9. The predicted molar refractivity (Wildman–Crippen MR) is 125 cm³/mol. The first kappa shape index (κ1) is 21.1. The van der Waals surface area contributed by atoms with E-state index in [1.54, 1.807) is 23.7 Å². The number of hydrogen-bond donors (Lipinski definition) is 0. The van der Waals surface area contributed by atoms with Crippen molar-refractivity contribution in [3.05, 3.63) is 65.9 Å². The third-order valence-corrected chi connectivity index (χ3v) is 5.84. The number of benzene rings is 2. The van der Waals surface area contributed by atoms with Crippen LogP contribution in [0.5, 0.6) is 5.75 Å². The SMILES string of the molecule is CC(Oc1ccccc1)C(=O)N1CCN(c2ncnc3c2nnn3-c2ccc(Cl)cc2)CC1. The summed E-state index contributed by atoms with van der Waals surface area (Å²) in [6.45, 7) is 4.18. The molecule has 5 rings (SSSR count). The van der Waals surface area contributed by atoms with Crippen molar-refractivity contribution in [2.45, 2.75) is 13.0 Å². The van der Waals surface area contributed by atoms with Crippen LogP contribution in [0.3, 0.4) is 0 Å². The molecule has 0 saturated carbocycles. The number of hydrogen-bond acceptors (Lipinski definition) is 7. The first-order valence-corrected chi connectivity index (χ1v) is 11.1. The van der Waals surface area contributed by atoms with E-state index in [4.69, 9.17) is 16.3 Å². The van der Waals surface area contributed by atoms with Gasteiger partial charge in [-0.1, -0.05) is 35.0 Å².